The van der Waals surface area contributed by atoms with Crippen molar-refractivity contribution in [2.24, 2.45) is 17.2 Å². The van der Waals surface area contributed by atoms with Gasteiger partial charge in [0.2, 0.25) is 29.5 Å². The van der Waals surface area contributed by atoms with E-state index in [4.69, 9.17) is 17.2 Å². The molecular formula is C20H30N8O7. The highest BCUT2D eigenvalue weighted by atomic mass is 16.4. The third-order valence-electron chi connectivity index (χ3n) is 5.48. The lowest BCUT2D eigenvalue weighted by molar-refractivity contribution is -0.145. The summed E-state index contributed by atoms with van der Waals surface area (Å²) in [7, 11) is 0. The summed E-state index contributed by atoms with van der Waals surface area (Å²) < 4.78 is 0. The zero-order valence-corrected chi connectivity index (χ0v) is 18.9. The van der Waals surface area contributed by atoms with Gasteiger partial charge in [0.25, 0.3) is 0 Å². The number of rotatable bonds is 13. The van der Waals surface area contributed by atoms with Gasteiger partial charge in [0.1, 0.15) is 18.1 Å². The van der Waals surface area contributed by atoms with E-state index in [1.54, 1.807) is 0 Å². The van der Waals surface area contributed by atoms with Crippen LogP contribution in [0.3, 0.4) is 0 Å². The molecule has 0 aromatic carbocycles. The fourth-order valence-corrected chi connectivity index (χ4v) is 3.72. The monoisotopic (exact) mass is 494 g/mol. The van der Waals surface area contributed by atoms with Crippen molar-refractivity contribution in [3.8, 4) is 0 Å². The minimum absolute atomic E-state index is 0.0449. The van der Waals surface area contributed by atoms with Crippen LogP contribution in [0, 0.1) is 0 Å². The number of primary amides is 2. The molecule has 0 saturated carbocycles. The summed E-state index contributed by atoms with van der Waals surface area (Å²) in [6, 6.07) is -4.81. The Labute approximate surface area is 200 Å². The summed E-state index contributed by atoms with van der Waals surface area (Å²) in [5.74, 6) is -4.96. The van der Waals surface area contributed by atoms with E-state index >= 15 is 0 Å². The molecule has 1 aromatic heterocycles. The van der Waals surface area contributed by atoms with E-state index in [2.05, 4.69) is 20.6 Å². The molecule has 192 valence electrons. The third kappa shape index (κ3) is 8.06. The Balaban J connectivity index is 2.12. The Morgan fingerprint density at radius 2 is 1.86 bits per heavy atom. The Hall–Kier alpha value is -4.01. The van der Waals surface area contributed by atoms with Crippen molar-refractivity contribution in [3.05, 3.63) is 18.2 Å². The molecule has 0 aliphatic carbocycles. The second-order valence-corrected chi connectivity index (χ2v) is 8.21. The number of H-pyrrole nitrogens is 1. The molecule has 1 aromatic rings. The first kappa shape index (κ1) is 27.2. The van der Waals surface area contributed by atoms with E-state index in [-0.39, 0.29) is 32.2 Å². The van der Waals surface area contributed by atoms with Crippen molar-refractivity contribution in [3.63, 3.8) is 0 Å². The zero-order valence-electron chi connectivity index (χ0n) is 18.9. The molecule has 0 spiro atoms. The van der Waals surface area contributed by atoms with E-state index < -0.39 is 66.1 Å². The molecular weight excluding hydrogens is 464 g/mol. The normalized spacial score (nSPS) is 17.7. The Morgan fingerprint density at radius 3 is 2.43 bits per heavy atom. The summed E-state index contributed by atoms with van der Waals surface area (Å²) in [4.78, 5) is 80.3. The van der Waals surface area contributed by atoms with E-state index in [1.807, 2.05) is 0 Å². The van der Waals surface area contributed by atoms with E-state index in [9.17, 15) is 33.9 Å². The molecule has 1 fully saturated rings. The van der Waals surface area contributed by atoms with E-state index in [1.165, 1.54) is 17.4 Å². The summed E-state index contributed by atoms with van der Waals surface area (Å²) in [5.41, 5.74) is 16.4. The number of imidazole rings is 1. The van der Waals surface area contributed by atoms with Crippen LogP contribution in [0.15, 0.2) is 12.5 Å². The largest absolute Gasteiger partial charge is 0.480 e. The van der Waals surface area contributed by atoms with Crippen LogP contribution in [0.1, 0.15) is 37.8 Å². The van der Waals surface area contributed by atoms with Crippen LogP contribution in [-0.4, -0.2) is 86.2 Å². The van der Waals surface area contributed by atoms with Crippen molar-refractivity contribution >= 4 is 35.5 Å². The highest BCUT2D eigenvalue weighted by Crippen LogP contribution is 2.20. The fraction of sp³-hybridized carbons (Fsp3) is 0.550. The number of aromatic amines is 1. The van der Waals surface area contributed by atoms with Crippen LogP contribution < -0.4 is 27.8 Å². The third-order valence-corrected chi connectivity index (χ3v) is 5.48. The highest BCUT2D eigenvalue weighted by Gasteiger charge is 2.39. The van der Waals surface area contributed by atoms with Gasteiger partial charge in [-0.05, 0) is 19.3 Å². The molecule has 1 aliphatic heterocycles. The predicted molar refractivity (Wildman–Crippen MR) is 119 cm³/mol. The van der Waals surface area contributed by atoms with Crippen LogP contribution in [0.4, 0.5) is 0 Å². The van der Waals surface area contributed by atoms with Crippen LogP contribution >= 0.6 is 0 Å². The number of carboxylic acid groups (broad SMARTS) is 1. The Bertz CT molecular complexity index is 951. The van der Waals surface area contributed by atoms with E-state index in [0.717, 1.165) is 0 Å². The van der Waals surface area contributed by atoms with Gasteiger partial charge in [-0.3, -0.25) is 24.0 Å². The van der Waals surface area contributed by atoms with Crippen molar-refractivity contribution in [2.75, 3.05) is 6.54 Å². The molecule has 15 nitrogen and oxygen atoms in total. The van der Waals surface area contributed by atoms with Gasteiger partial charge in [-0.1, -0.05) is 0 Å². The lowest BCUT2D eigenvalue weighted by Crippen LogP contribution is -2.57. The molecule has 5 amide bonds. The first-order valence-electron chi connectivity index (χ1n) is 10.9. The number of amides is 5. The number of nitrogens with two attached hydrogens (primary N) is 3. The van der Waals surface area contributed by atoms with Crippen LogP contribution in [0.5, 0.6) is 0 Å². The molecule has 4 atom stereocenters. The fourth-order valence-electron chi connectivity index (χ4n) is 3.72. The van der Waals surface area contributed by atoms with Crippen molar-refractivity contribution in [1.82, 2.24) is 25.5 Å². The summed E-state index contributed by atoms with van der Waals surface area (Å²) in [6.45, 7) is 0.172. The van der Waals surface area contributed by atoms with Crippen molar-refractivity contribution < 1.29 is 33.9 Å². The number of carbonyl (C=O) groups excluding carboxylic acids is 5. The topological polar surface area (TPSA) is 257 Å². The molecule has 10 N–H and O–H groups in total. The molecule has 2 rings (SSSR count). The first-order chi connectivity index (χ1) is 16.5. The van der Waals surface area contributed by atoms with Gasteiger partial charge in [0, 0.05) is 31.3 Å². The van der Waals surface area contributed by atoms with Gasteiger partial charge < -0.3 is 42.8 Å². The van der Waals surface area contributed by atoms with Crippen LogP contribution in [-0.2, 0) is 35.2 Å². The van der Waals surface area contributed by atoms with E-state index in [0.29, 0.717) is 12.1 Å². The van der Waals surface area contributed by atoms with Crippen molar-refractivity contribution in [1.29, 1.82) is 0 Å². The summed E-state index contributed by atoms with van der Waals surface area (Å²) in [5, 5.41) is 14.3. The molecule has 35 heavy (non-hydrogen) atoms. The number of carbonyl (C=O) groups is 6. The van der Waals surface area contributed by atoms with Crippen LogP contribution in [0.25, 0.3) is 0 Å². The van der Waals surface area contributed by atoms with Gasteiger partial charge in [0.15, 0.2) is 0 Å². The van der Waals surface area contributed by atoms with Crippen LogP contribution in [0.2, 0.25) is 0 Å². The molecule has 15 heteroatoms. The number of carboxylic acids is 1. The first-order valence-corrected chi connectivity index (χ1v) is 10.9. The number of nitrogens with one attached hydrogen (secondary N) is 3. The lowest BCUT2D eigenvalue weighted by Gasteiger charge is -2.29. The second-order valence-electron chi connectivity index (χ2n) is 8.21. The maximum absolute atomic E-state index is 13.2. The molecule has 1 saturated heterocycles. The molecule has 0 radical (unpaired) electrons. The minimum Gasteiger partial charge on any atom is -0.480 e. The lowest BCUT2D eigenvalue weighted by atomic mass is 10.1. The number of hydrogen-bond acceptors (Lipinski definition) is 8. The van der Waals surface area contributed by atoms with Gasteiger partial charge in [0.05, 0.1) is 18.8 Å². The van der Waals surface area contributed by atoms with Crippen molar-refractivity contribution in [2.45, 2.75) is 62.7 Å². The number of hydrogen-bond donors (Lipinski definition) is 7. The number of aromatic nitrogens is 2. The number of likely N-dealkylation sites (tertiary alicyclic amines) is 1. The molecule has 0 bridgehead atoms. The van der Waals surface area contributed by atoms with Gasteiger partial charge in [-0.15, -0.1) is 0 Å². The average Bonchev–Trinajstić information content (AvgIpc) is 3.46. The molecule has 4 unspecified atom stereocenters. The quantitative estimate of drug-likeness (QED) is 0.143. The maximum atomic E-state index is 13.2. The standard InChI is InChI=1S/C20H30N8O7/c21-11(7-16(23)30)17(31)26-12(3-4-15(22)29)19(33)28-5-1-2-14(28)18(32)27-13(20(34)35)6-10-8-24-9-25-10/h8-9,11-14H,1-7,21H2,(H2,22,29)(H2,23,30)(H,24,25)(H,26,31)(H,27,32)(H,34,35). The van der Waals surface area contributed by atoms with Gasteiger partial charge in [-0.25, -0.2) is 9.78 Å². The predicted octanol–water partition coefficient (Wildman–Crippen LogP) is -3.53. The smallest absolute Gasteiger partial charge is 0.326 e. The zero-order chi connectivity index (χ0) is 26.1. The Kier molecular flexibility index (Phi) is 9.69. The maximum Gasteiger partial charge on any atom is 0.326 e. The van der Waals surface area contributed by atoms with Gasteiger partial charge in [-0.2, -0.15) is 0 Å². The average molecular weight is 495 g/mol. The SMILES string of the molecule is NC(=O)CCC(NC(=O)C(N)CC(N)=O)C(=O)N1CCCC1C(=O)NC(Cc1cnc[nH]1)C(=O)O. The summed E-state index contributed by atoms with van der Waals surface area (Å²) in [6.07, 6.45) is 2.64. The second kappa shape index (κ2) is 12.5. The highest BCUT2D eigenvalue weighted by molar-refractivity contribution is 5.95. The molecule has 2 heterocycles. The number of aliphatic carboxylic acids is 1. The Morgan fingerprint density at radius 1 is 1.14 bits per heavy atom. The summed E-state index contributed by atoms with van der Waals surface area (Å²) >= 11 is 0. The number of nitrogens with zero attached hydrogens (tertiary/aromatic N) is 2. The molecule has 1 aliphatic rings. The minimum atomic E-state index is -1.31. The van der Waals surface area contributed by atoms with Gasteiger partial charge >= 0.3 is 5.97 Å².